The molecule has 0 saturated carbocycles. The lowest BCUT2D eigenvalue weighted by Crippen LogP contribution is -2.13. The number of hydrogen-bond donors (Lipinski definition) is 1. The number of hydrogen-bond acceptors (Lipinski definition) is 3. The maximum Gasteiger partial charge on any atom is 0.129 e. The fraction of sp³-hybridized carbons (Fsp3) is 0.267. The minimum atomic E-state index is -0.246. The third-order valence-corrected chi connectivity index (χ3v) is 2.77. The number of ether oxygens (including phenoxy) is 1. The summed E-state index contributed by atoms with van der Waals surface area (Å²) < 4.78 is 19.2. The lowest BCUT2D eigenvalue weighted by atomic mass is 10.2. The van der Waals surface area contributed by atoms with Gasteiger partial charge in [-0.25, -0.2) is 4.39 Å². The molecule has 3 nitrogen and oxygen atoms in total. The van der Waals surface area contributed by atoms with Crippen LogP contribution >= 0.6 is 0 Å². The summed E-state index contributed by atoms with van der Waals surface area (Å²) in [7, 11) is 0. The van der Waals surface area contributed by atoms with Crippen molar-refractivity contribution in [3.8, 4) is 5.75 Å². The average Bonchev–Trinajstić information content (AvgIpc) is 2.45. The highest BCUT2D eigenvalue weighted by Crippen LogP contribution is 2.18. The van der Waals surface area contributed by atoms with E-state index in [1.165, 1.54) is 6.07 Å². The Morgan fingerprint density at radius 1 is 1.21 bits per heavy atom. The number of aromatic nitrogens is 1. The van der Waals surface area contributed by atoms with Crippen molar-refractivity contribution in [2.75, 3.05) is 6.54 Å². The van der Waals surface area contributed by atoms with Gasteiger partial charge in [0, 0.05) is 30.1 Å². The molecule has 1 aromatic heterocycles. The van der Waals surface area contributed by atoms with Gasteiger partial charge in [-0.3, -0.25) is 4.98 Å². The maximum atomic E-state index is 13.5. The molecule has 2 aromatic rings. The fourth-order valence-corrected chi connectivity index (χ4v) is 1.72. The second-order valence-electron chi connectivity index (χ2n) is 4.14. The Morgan fingerprint density at radius 3 is 2.84 bits per heavy atom. The Labute approximate surface area is 112 Å². The molecule has 1 aromatic carbocycles. The van der Waals surface area contributed by atoms with E-state index < -0.39 is 0 Å². The van der Waals surface area contributed by atoms with Crippen molar-refractivity contribution in [3.63, 3.8) is 0 Å². The van der Waals surface area contributed by atoms with E-state index in [1.54, 1.807) is 36.7 Å². The molecule has 0 fully saturated rings. The first-order chi connectivity index (χ1) is 9.31. The van der Waals surface area contributed by atoms with Gasteiger partial charge in [0.2, 0.25) is 0 Å². The van der Waals surface area contributed by atoms with Crippen molar-refractivity contribution in [2.24, 2.45) is 0 Å². The van der Waals surface area contributed by atoms with Crippen LogP contribution in [0.2, 0.25) is 0 Å². The molecule has 19 heavy (non-hydrogen) atoms. The van der Waals surface area contributed by atoms with Crippen LogP contribution in [0.4, 0.5) is 4.39 Å². The van der Waals surface area contributed by atoms with Crippen molar-refractivity contribution in [3.05, 3.63) is 59.7 Å². The summed E-state index contributed by atoms with van der Waals surface area (Å²) in [6.07, 6.45) is 3.44. The lowest BCUT2D eigenvalue weighted by molar-refractivity contribution is 0.295. The van der Waals surface area contributed by atoms with Crippen LogP contribution in [0.25, 0.3) is 0 Å². The van der Waals surface area contributed by atoms with E-state index in [0.29, 0.717) is 12.1 Å². The Bertz CT molecular complexity index is 531. The largest absolute Gasteiger partial charge is 0.488 e. The summed E-state index contributed by atoms with van der Waals surface area (Å²) in [6, 6.07) is 8.43. The number of nitrogens with zero attached hydrogens (tertiary/aromatic N) is 1. The minimum absolute atomic E-state index is 0.218. The standard InChI is InChI=1S/C15H17FN2O/c1-2-17-9-13-10-18-8-7-15(13)19-11-12-5-3-4-6-14(12)16/h3-8,10,17H,2,9,11H2,1H3. The number of rotatable bonds is 6. The quantitative estimate of drug-likeness (QED) is 0.867. The highest BCUT2D eigenvalue weighted by molar-refractivity contribution is 5.30. The highest BCUT2D eigenvalue weighted by atomic mass is 19.1. The minimum Gasteiger partial charge on any atom is -0.488 e. The molecule has 2 rings (SSSR count). The maximum absolute atomic E-state index is 13.5. The zero-order chi connectivity index (χ0) is 13.5. The smallest absolute Gasteiger partial charge is 0.129 e. The van der Waals surface area contributed by atoms with E-state index in [4.69, 9.17) is 4.74 Å². The molecule has 0 aliphatic heterocycles. The van der Waals surface area contributed by atoms with E-state index in [1.807, 2.05) is 6.92 Å². The van der Waals surface area contributed by atoms with E-state index in [0.717, 1.165) is 17.9 Å². The summed E-state index contributed by atoms with van der Waals surface area (Å²) in [6.45, 7) is 3.82. The summed E-state index contributed by atoms with van der Waals surface area (Å²) in [5.74, 6) is 0.490. The number of nitrogens with one attached hydrogen (secondary N) is 1. The Balaban J connectivity index is 2.05. The summed E-state index contributed by atoms with van der Waals surface area (Å²) >= 11 is 0. The first-order valence-corrected chi connectivity index (χ1v) is 6.31. The number of benzene rings is 1. The molecule has 0 spiro atoms. The van der Waals surface area contributed by atoms with Crippen LogP contribution in [-0.2, 0) is 13.2 Å². The van der Waals surface area contributed by atoms with Crippen molar-refractivity contribution in [1.82, 2.24) is 10.3 Å². The van der Waals surface area contributed by atoms with Gasteiger partial charge in [0.25, 0.3) is 0 Å². The van der Waals surface area contributed by atoms with E-state index >= 15 is 0 Å². The number of halogens is 1. The van der Waals surface area contributed by atoms with Crippen LogP contribution in [0.1, 0.15) is 18.1 Å². The van der Waals surface area contributed by atoms with Gasteiger partial charge in [-0.05, 0) is 18.7 Å². The van der Waals surface area contributed by atoms with Gasteiger partial charge >= 0.3 is 0 Å². The average molecular weight is 260 g/mol. The van der Waals surface area contributed by atoms with Gasteiger partial charge in [-0.2, -0.15) is 0 Å². The summed E-state index contributed by atoms with van der Waals surface area (Å²) in [5, 5.41) is 3.22. The normalized spacial score (nSPS) is 10.4. The van der Waals surface area contributed by atoms with Crippen molar-refractivity contribution < 1.29 is 9.13 Å². The second-order valence-corrected chi connectivity index (χ2v) is 4.14. The van der Waals surface area contributed by atoms with Crippen molar-refractivity contribution >= 4 is 0 Å². The second kappa shape index (κ2) is 6.85. The summed E-state index contributed by atoms with van der Waals surface area (Å²) in [4.78, 5) is 4.08. The molecule has 0 aliphatic carbocycles. The molecule has 1 N–H and O–H groups in total. The Hall–Kier alpha value is -1.94. The first-order valence-electron chi connectivity index (χ1n) is 6.31. The zero-order valence-corrected chi connectivity index (χ0v) is 10.9. The number of pyridine rings is 1. The van der Waals surface area contributed by atoms with E-state index in [2.05, 4.69) is 10.3 Å². The van der Waals surface area contributed by atoms with Gasteiger partial charge in [-0.15, -0.1) is 0 Å². The van der Waals surface area contributed by atoms with Gasteiger partial charge < -0.3 is 10.1 Å². The van der Waals surface area contributed by atoms with Crippen LogP contribution in [0.3, 0.4) is 0 Å². The van der Waals surface area contributed by atoms with Crippen molar-refractivity contribution in [2.45, 2.75) is 20.1 Å². The van der Waals surface area contributed by atoms with E-state index in [-0.39, 0.29) is 12.4 Å². The SMILES string of the molecule is CCNCc1cnccc1OCc1ccccc1F. The van der Waals surface area contributed by atoms with Crippen molar-refractivity contribution in [1.29, 1.82) is 0 Å². The molecule has 0 aliphatic rings. The lowest BCUT2D eigenvalue weighted by Gasteiger charge is -2.11. The van der Waals surface area contributed by atoms with Gasteiger partial charge in [-0.1, -0.05) is 25.1 Å². The molecular weight excluding hydrogens is 243 g/mol. The zero-order valence-electron chi connectivity index (χ0n) is 10.9. The fourth-order valence-electron chi connectivity index (χ4n) is 1.72. The van der Waals surface area contributed by atoms with Gasteiger partial charge in [0.05, 0.1) is 0 Å². The predicted molar refractivity (Wildman–Crippen MR) is 72.3 cm³/mol. The molecule has 0 atom stereocenters. The third-order valence-electron chi connectivity index (χ3n) is 2.77. The first kappa shape index (κ1) is 13.5. The molecule has 0 amide bonds. The van der Waals surface area contributed by atoms with Crippen LogP contribution < -0.4 is 10.1 Å². The monoisotopic (exact) mass is 260 g/mol. The molecule has 0 unspecified atom stereocenters. The topological polar surface area (TPSA) is 34.2 Å². The summed E-state index contributed by atoms with van der Waals surface area (Å²) in [5.41, 5.74) is 1.52. The molecule has 0 saturated heterocycles. The van der Waals surface area contributed by atoms with Crippen LogP contribution in [0.5, 0.6) is 5.75 Å². The van der Waals surface area contributed by atoms with E-state index in [9.17, 15) is 4.39 Å². The van der Waals surface area contributed by atoms with Crippen LogP contribution in [0, 0.1) is 5.82 Å². The van der Waals surface area contributed by atoms with Gasteiger partial charge in [0.15, 0.2) is 0 Å². The third kappa shape index (κ3) is 3.76. The molecule has 100 valence electrons. The highest BCUT2D eigenvalue weighted by Gasteiger charge is 2.05. The molecule has 0 radical (unpaired) electrons. The predicted octanol–water partition coefficient (Wildman–Crippen LogP) is 2.91. The molecule has 0 bridgehead atoms. The molecule has 1 heterocycles. The molecule has 4 heteroatoms. The van der Waals surface area contributed by atoms with Gasteiger partial charge in [0.1, 0.15) is 18.2 Å². The Kier molecular flexibility index (Phi) is 4.86. The molecular formula is C15H17FN2O. The van der Waals surface area contributed by atoms with Crippen LogP contribution in [-0.4, -0.2) is 11.5 Å². The Morgan fingerprint density at radius 2 is 2.05 bits per heavy atom. The van der Waals surface area contributed by atoms with Crippen LogP contribution in [0.15, 0.2) is 42.7 Å².